The highest BCUT2D eigenvalue weighted by Crippen LogP contribution is 2.14. The molecule has 2 N–H and O–H groups in total. The molecule has 0 saturated heterocycles. The number of hydrogen-bond acceptors (Lipinski definition) is 4. The molecule has 0 amide bonds. The summed E-state index contributed by atoms with van der Waals surface area (Å²) in [4.78, 5) is 14.9. The Hall–Kier alpha value is -2.14. The molecule has 5 heteroatoms. The molecule has 0 aliphatic carbocycles. The van der Waals surface area contributed by atoms with Crippen LogP contribution in [0.25, 0.3) is 0 Å². The summed E-state index contributed by atoms with van der Waals surface area (Å²) in [6.45, 7) is 2.94. The zero-order valence-corrected chi connectivity index (χ0v) is 10.0. The number of nitrogens with zero attached hydrogens (tertiary/aromatic N) is 1. The molecule has 2 aromatic rings. The maximum atomic E-state index is 10.7. The minimum absolute atomic E-state index is 0.0258. The molecule has 0 saturated carbocycles. The third kappa shape index (κ3) is 2.95. The van der Waals surface area contributed by atoms with Gasteiger partial charge in [-0.25, -0.2) is 4.79 Å². The molecule has 94 valence electrons. The Balaban J connectivity index is 1.92. The molecule has 0 radical (unpaired) electrons. The van der Waals surface area contributed by atoms with Crippen LogP contribution < -0.4 is 5.32 Å². The Morgan fingerprint density at radius 2 is 2.28 bits per heavy atom. The molecular weight excluding hydrogens is 232 g/mol. The summed E-state index contributed by atoms with van der Waals surface area (Å²) in [6.07, 6.45) is 1.74. The van der Waals surface area contributed by atoms with Crippen molar-refractivity contribution in [3.05, 3.63) is 53.2 Å². The van der Waals surface area contributed by atoms with Crippen molar-refractivity contribution in [3.63, 3.8) is 0 Å². The van der Waals surface area contributed by atoms with Crippen molar-refractivity contribution >= 4 is 5.97 Å². The fourth-order valence-corrected chi connectivity index (χ4v) is 1.63. The van der Waals surface area contributed by atoms with Crippen LogP contribution in [0.4, 0.5) is 0 Å². The van der Waals surface area contributed by atoms with Crippen molar-refractivity contribution in [2.75, 3.05) is 0 Å². The molecule has 0 aromatic carbocycles. The molecule has 2 aromatic heterocycles. The second kappa shape index (κ2) is 5.46. The van der Waals surface area contributed by atoms with E-state index in [4.69, 9.17) is 9.52 Å². The highest BCUT2D eigenvalue weighted by atomic mass is 16.4. The third-order valence-electron chi connectivity index (χ3n) is 2.58. The second-order valence-corrected chi connectivity index (χ2v) is 3.92. The Labute approximate surface area is 104 Å². The molecule has 0 atom stereocenters. The third-order valence-corrected chi connectivity index (χ3v) is 2.58. The molecule has 0 aliphatic rings. The first kappa shape index (κ1) is 12.3. The van der Waals surface area contributed by atoms with Crippen LogP contribution in [0.2, 0.25) is 0 Å². The lowest BCUT2D eigenvalue weighted by Gasteiger charge is -2.02. The maximum Gasteiger partial charge on any atom is 0.371 e. The largest absolute Gasteiger partial charge is 0.475 e. The van der Waals surface area contributed by atoms with E-state index in [9.17, 15) is 4.79 Å². The summed E-state index contributed by atoms with van der Waals surface area (Å²) < 4.78 is 5.12. The van der Waals surface area contributed by atoms with Crippen LogP contribution in [0.5, 0.6) is 0 Å². The van der Waals surface area contributed by atoms with Crippen LogP contribution in [-0.2, 0) is 13.1 Å². The minimum atomic E-state index is -1.05. The number of carbonyl (C=O) groups is 1. The van der Waals surface area contributed by atoms with E-state index in [-0.39, 0.29) is 5.76 Å². The summed E-state index contributed by atoms with van der Waals surface area (Å²) >= 11 is 0. The zero-order chi connectivity index (χ0) is 13.0. The number of nitrogens with one attached hydrogen (secondary N) is 1. The number of hydrogen-bond donors (Lipinski definition) is 2. The maximum absolute atomic E-state index is 10.7. The van der Waals surface area contributed by atoms with E-state index < -0.39 is 5.97 Å². The van der Waals surface area contributed by atoms with Gasteiger partial charge in [0.05, 0.1) is 5.69 Å². The Morgan fingerprint density at radius 3 is 2.89 bits per heavy atom. The van der Waals surface area contributed by atoms with E-state index in [1.54, 1.807) is 19.2 Å². The van der Waals surface area contributed by atoms with Gasteiger partial charge in [0.2, 0.25) is 5.76 Å². The van der Waals surface area contributed by atoms with Gasteiger partial charge in [0.1, 0.15) is 5.76 Å². The van der Waals surface area contributed by atoms with Crippen molar-refractivity contribution < 1.29 is 14.3 Å². The second-order valence-electron chi connectivity index (χ2n) is 3.92. The molecular formula is C13H14N2O3. The number of furan rings is 1. The number of carboxylic acid groups (broad SMARTS) is 1. The first-order valence-corrected chi connectivity index (χ1v) is 5.60. The molecule has 0 fully saturated rings. The Bertz CT molecular complexity index is 534. The summed E-state index contributed by atoms with van der Waals surface area (Å²) in [6, 6.07) is 7.26. The van der Waals surface area contributed by atoms with E-state index >= 15 is 0 Å². The van der Waals surface area contributed by atoms with Crippen molar-refractivity contribution in [3.8, 4) is 0 Å². The van der Waals surface area contributed by atoms with Crippen LogP contribution in [0.3, 0.4) is 0 Å². The molecule has 0 bridgehead atoms. The first-order valence-electron chi connectivity index (χ1n) is 5.60. The lowest BCUT2D eigenvalue weighted by molar-refractivity contribution is 0.0661. The number of carboxylic acids is 1. The van der Waals surface area contributed by atoms with Crippen molar-refractivity contribution in [2.45, 2.75) is 20.0 Å². The van der Waals surface area contributed by atoms with Crippen molar-refractivity contribution in [1.82, 2.24) is 10.3 Å². The number of pyridine rings is 1. The average Bonchev–Trinajstić information content (AvgIpc) is 2.73. The SMILES string of the molecule is Cc1oc(C(=O)O)cc1CNCc1ccccn1. The Morgan fingerprint density at radius 1 is 1.44 bits per heavy atom. The van der Waals surface area contributed by atoms with Crippen LogP contribution >= 0.6 is 0 Å². The molecule has 0 aliphatic heterocycles. The van der Waals surface area contributed by atoms with Gasteiger partial charge in [0.15, 0.2) is 0 Å². The standard InChI is InChI=1S/C13H14N2O3/c1-9-10(6-12(18-9)13(16)17)7-14-8-11-4-2-3-5-15-11/h2-6,14H,7-8H2,1H3,(H,16,17). The van der Waals surface area contributed by atoms with Gasteiger partial charge in [-0.3, -0.25) is 4.98 Å². The van der Waals surface area contributed by atoms with Gasteiger partial charge in [-0.1, -0.05) is 6.07 Å². The highest BCUT2D eigenvalue weighted by molar-refractivity contribution is 5.84. The molecule has 2 rings (SSSR count). The smallest absolute Gasteiger partial charge is 0.371 e. The first-order chi connectivity index (χ1) is 8.66. The number of aromatic nitrogens is 1. The normalized spacial score (nSPS) is 10.5. The average molecular weight is 246 g/mol. The van der Waals surface area contributed by atoms with Gasteiger partial charge in [-0.2, -0.15) is 0 Å². The highest BCUT2D eigenvalue weighted by Gasteiger charge is 2.12. The van der Waals surface area contributed by atoms with Gasteiger partial charge in [0.25, 0.3) is 0 Å². The summed E-state index contributed by atoms with van der Waals surface area (Å²) in [5.41, 5.74) is 1.79. The molecule has 0 unspecified atom stereocenters. The van der Waals surface area contributed by atoms with Crippen LogP contribution in [0, 0.1) is 6.92 Å². The van der Waals surface area contributed by atoms with Crippen molar-refractivity contribution in [2.24, 2.45) is 0 Å². The molecule has 2 heterocycles. The van der Waals surface area contributed by atoms with Gasteiger partial charge in [-0.15, -0.1) is 0 Å². The van der Waals surface area contributed by atoms with Gasteiger partial charge in [-0.05, 0) is 25.1 Å². The predicted molar refractivity (Wildman–Crippen MR) is 65.2 cm³/mol. The van der Waals surface area contributed by atoms with E-state index in [1.807, 2.05) is 18.2 Å². The van der Waals surface area contributed by atoms with E-state index in [1.165, 1.54) is 0 Å². The lowest BCUT2D eigenvalue weighted by Crippen LogP contribution is -2.13. The van der Waals surface area contributed by atoms with Crippen LogP contribution in [0.1, 0.15) is 27.6 Å². The monoisotopic (exact) mass is 246 g/mol. The fraction of sp³-hybridized carbons (Fsp3) is 0.231. The van der Waals surface area contributed by atoms with Gasteiger partial charge < -0.3 is 14.8 Å². The summed E-state index contributed by atoms with van der Waals surface area (Å²) in [5, 5.41) is 12.0. The van der Waals surface area contributed by atoms with Crippen LogP contribution in [-0.4, -0.2) is 16.1 Å². The van der Waals surface area contributed by atoms with E-state index in [2.05, 4.69) is 10.3 Å². The Kier molecular flexibility index (Phi) is 3.74. The predicted octanol–water partition coefficient (Wildman–Crippen LogP) is 1.97. The van der Waals surface area contributed by atoms with Crippen molar-refractivity contribution in [1.29, 1.82) is 0 Å². The molecule has 0 spiro atoms. The van der Waals surface area contributed by atoms with Gasteiger partial charge in [0, 0.05) is 24.8 Å². The summed E-state index contributed by atoms with van der Waals surface area (Å²) in [7, 11) is 0. The number of aryl methyl sites for hydroxylation is 1. The zero-order valence-electron chi connectivity index (χ0n) is 10.0. The molecule has 18 heavy (non-hydrogen) atoms. The van der Waals surface area contributed by atoms with E-state index in [0.29, 0.717) is 18.8 Å². The quantitative estimate of drug-likeness (QED) is 0.843. The number of aromatic carboxylic acids is 1. The van der Waals surface area contributed by atoms with Gasteiger partial charge >= 0.3 is 5.97 Å². The van der Waals surface area contributed by atoms with Crippen LogP contribution in [0.15, 0.2) is 34.9 Å². The molecule has 5 nitrogen and oxygen atoms in total. The summed E-state index contributed by atoms with van der Waals surface area (Å²) in [5.74, 6) is -0.447. The minimum Gasteiger partial charge on any atom is -0.475 e. The van der Waals surface area contributed by atoms with E-state index in [0.717, 1.165) is 11.3 Å². The lowest BCUT2D eigenvalue weighted by atomic mass is 10.2. The fourth-order valence-electron chi connectivity index (χ4n) is 1.63. The topological polar surface area (TPSA) is 75.4 Å². The number of rotatable bonds is 5.